The average molecular weight is 146 g/mol. The number of hydrogen-bond acceptors (Lipinski definition) is 3. The van der Waals surface area contributed by atoms with Gasteiger partial charge in [0, 0.05) is 7.11 Å². The maximum absolute atomic E-state index is 5.84. The standard InChI is InChI=1S/C7H15NO.H3N/c1-9-7(8)5-3-2-4-6-7;/h2-6,8H2,1H3;1H3. The van der Waals surface area contributed by atoms with Crippen LogP contribution in [0.15, 0.2) is 0 Å². The quantitative estimate of drug-likeness (QED) is 0.549. The van der Waals surface area contributed by atoms with Crippen LogP contribution in [-0.4, -0.2) is 12.8 Å². The van der Waals surface area contributed by atoms with Crippen molar-refractivity contribution in [3.05, 3.63) is 0 Å². The van der Waals surface area contributed by atoms with Gasteiger partial charge in [-0.2, -0.15) is 0 Å². The van der Waals surface area contributed by atoms with E-state index in [-0.39, 0.29) is 11.9 Å². The topological polar surface area (TPSA) is 70.2 Å². The maximum Gasteiger partial charge on any atom is 0.116 e. The summed E-state index contributed by atoms with van der Waals surface area (Å²) in [6.45, 7) is 0. The fraction of sp³-hybridized carbons (Fsp3) is 1.00. The van der Waals surface area contributed by atoms with Gasteiger partial charge in [0.25, 0.3) is 0 Å². The van der Waals surface area contributed by atoms with E-state index in [2.05, 4.69) is 0 Å². The number of rotatable bonds is 1. The molecular formula is C7H18N2O. The summed E-state index contributed by atoms with van der Waals surface area (Å²) in [5.41, 5.74) is 5.56. The van der Waals surface area contributed by atoms with Gasteiger partial charge in [-0.1, -0.05) is 6.42 Å². The minimum atomic E-state index is -0.280. The largest absolute Gasteiger partial charge is 0.364 e. The summed E-state index contributed by atoms with van der Waals surface area (Å²) in [5.74, 6) is 0. The molecule has 0 bridgehead atoms. The van der Waals surface area contributed by atoms with Crippen LogP contribution in [0.5, 0.6) is 0 Å². The fourth-order valence-corrected chi connectivity index (χ4v) is 1.35. The Morgan fingerprint density at radius 3 is 2.00 bits per heavy atom. The second-order valence-electron chi connectivity index (χ2n) is 2.83. The van der Waals surface area contributed by atoms with E-state index in [4.69, 9.17) is 10.5 Å². The van der Waals surface area contributed by atoms with E-state index in [0.29, 0.717) is 0 Å². The van der Waals surface area contributed by atoms with Crippen molar-refractivity contribution in [3.63, 3.8) is 0 Å². The number of ether oxygens (including phenoxy) is 1. The number of methoxy groups -OCH3 is 1. The summed E-state index contributed by atoms with van der Waals surface area (Å²) in [6, 6.07) is 0. The molecule has 0 aromatic carbocycles. The lowest BCUT2D eigenvalue weighted by Gasteiger charge is -2.31. The highest BCUT2D eigenvalue weighted by molar-refractivity contribution is 4.76. The zero-order valence-corrected chi connectivity index (χ0v) is 6.73. The van der Waals surface area contributed by atoms with Gasteiger partial charge in [0.05, 0.1) is 0 Å². The summed E-state index contributed by atoms with van der Waals surface area (Å²) >= 11 is 0. The number of hydrogen-bond donors (Lipinski definition) is 2. The Hall–Kier alpha value is -0.120. The first-order valence-corrected chi connectivity index (χ1v) is 3.61. The Balaban J connectivity index is 0.000000810. The minimum absolute atomic E-state index is 0. The van der Waals surface area contributed by atoms with Gasteiger partial charge in [0.2, 0.25) is 0 Å². The van der Waals surface area contributed by atoms with E-state index in [1.54, 1.807) is 7.11 Å². The highest BCUT2D eigenvalue weighted by Gasteiger charge is 2.25. The van der Waals surface area contributed by atoms with Crippen molar-refractivity contribution in [1.29, 1.82) is 0 Å². The third-order valence-corrected chi connectivity index (χ3v) is 2.11. The molecule has 62 valence electrons. The zero-order chi connectivity index (χ0) is 6.74. The van der Waals surface area contributed by atoms with E-state index < -0.39 is 0 Å². The van der Waals surface area contributed by atoms with E-state index in [1.807, 2.05) is 0 Å². The van der Waals surface area contributed by atoms with Crippen molar-refractivity contribution in [3.8, 4) is 0 Å². The molecule has 1 fully saturated rings. The summed E-state index contributed by atoms with van der Waals surface area (Å²) in [5, 5.41) is 0. The fourth-order valence-electron chi connectivity index (χ4n) is 1.35. The van der Waals surface area contributed by atoms with Crippen LogP contribution in [-0.2, 0) is 4.74 Å². The number of nitrogens with two attached hydrogens (primary N) is 1. The maximum atomic E-state index is 5.84. The zero-order valence-electron chi connectivity index (χ0n) is 6.73. The summed E-state index contributed by atoms with van der Waals surface area (Å²) in [7, 11) is 1.70. The lowest BCUT2D eigenvalue weighted by molar-refractivity contribution is -0.0338. The second kappa shape index (κ2) is 3.91. The molecule has 5 N–H and O–H groups in total. The van der Waals surface area contributed by atoms with Crippen LogP contribution >= 0.6 is 0 Å². The van der Waals surface area contributed by atoms with Crippen molar-refractivity contribution in [2.24, 2.45) is 5.73 Å². The molecule has 1 aliphatic carbocycles. The molecule has 0 aromatic heterocycles. The Morgan fingerprint density at radius 1 is 1.20 bits per heavy atom. The minimum Gasteiger partial charge on any atom is -0.364 e. The van der Waals surface area contributed by atoms with Crippen molar-refractivity contribution < 1.29 is 4.74 Å². The van der Waals surface area contributed by atoms with Gasteiger partial charge < -0.3 is 16.6 Å². The average Bonchev–Trinajstić information content (AvgIpc) is 1.90. The Morgan fingerprint density at radius 2 is 1.70 bits per heavy atom. The van der Waals surface area contributed by atoms with Crippen LogP contribution in [0.1, 0.15) is 32.1 Å². The molecule has 1 aliphatic rings. The summed E-state index contributed by atoms with van der Waals surface area (Å²) in [6.07, 6.45) is 5.84. The molecule has 0 unspecified atom stereocenters. The molecule has 0 aliphatic heterocycles. The molecule has 3 nitrogen and oxygen atoms in total. The van der Waals surface area contributed by atoms with Crippen LogP contribution in [0.4, 0.5) is 0 Å². The molecule has 1 rings (SSSR count). The van der Waals surface area contributed by atoms with Crippen LogP contribution in [0.25, 0.3) is 0 Å². The van der Waals surface area contributed by atoms with Crippen LogP contribution in [0, 0.1) is 0 Å². The van der Waals surface area contributed by atoms with Crippen molar-refractivity contribution >= 4 is 0 Å². The smallest absolute Gasteiger partial charge is 0.116 e. The molecule has 0 aromatic rings. The van der Waals surface area contributed by atoms with Crippen molar-refractivity contribution in [1.82, 2.24) is 6.15 Å². The summed E-state index contributed by atoms with van der Waals surface area (Å²) < 4.78 is 5.16. The van der Waals surface area contributed by atoms with E-state index in [1.165, 1.54) is 19.3 Å². The Kier molecular flexibility index (Phi) is 3.86. The predicted octanol–water partition coefficient (Wildman–Crippen LogP) is 1.41. The third kappa shape index (κ3) is 2.25. The second-order valence-corrected chi connectivity index (χ2v) is 2.83. The highest BCUT2D eigenvalue weighted by Crippen LogP contribution is 2.25. The molecule has 3 heteroatoms. The molecule has 0 atom stereocenters. The van der Waals surface area contributed by atoms with Gasteiger partial charge in [-0.3, -0.25) is 0 Å². The van der Waals surface area contributed by atoms with Gasteiger partial charge in [-0.05, 0) is 25.7 Å². The van der Waals surface area contributed by atoms with E-state index in [0.717, 1.165) is 12.8 Å². The molecule has 0 radical (unpaired) electrons. The lowest BCUT2D eigenvalue weighted by atomic mass is 9.92. The first-order chi connectivity index (χ1) is 4.27. The molecule has 10 heavy (non-hydrogen) atoms. The first kappa shape index (κ1) is 9.88. The van der Waals surface area contributed by atoms with Gasteiger partial charge in [0.15, 0.2) is 0 Å². The molecule has 0 spiro atoms. The molecule has 0 amide bonds. The Labute approximate surface area is 62.5 Å². The van der Waals surface area contributed by atoms with Gasteiger partial charge in [-0.15, -0.1) is 0 Å². The third-order valence-electron chi connectivity index (χ3n) is 2.11. The monoisotopic (exact) mass is 146 g/mol. The Bertz CT molecular complexity index is 89.6. The summed E-state index contributed by atoms with van der Waals surface area (Å²) in [4.78, 5) is 0. The van der Waals surface area contributed by atoms with Gasteiger partial charge in [-0.25, -0.2) is 0 Å². The van der Waals surface area contributed by atoms with Gasteiger partial charge >= 0.3 is 0 Å². The molecule has 1 saturated carbocycles. The van der Waals surface area contributed by atoms with Crippen LogP contribution < -0.4 is 11.9 Å². The normalized spacial score (nSPS) is 23.4. The molecular weight excluding hydrogens is 128 g/mol. The molecule has 0 saturated heterocycles. The predicted molar refractivity (Wildman–Crippen MR) is 42.0 cm³/mol. The van der Waals surface area contributed by atoms with E-state index >= 15 is 0 Å². The van der Waals surface area contributed by atoms with Crippen molar-refractivity contribution in [2.45, 2.75) is 37.8 Å². The highest BCUT2D eigenvalue weighted by atomic mass is 16.5. The van der Waals surface area contributed by atoms with Crippen LogP contribution in [0.2, 0.25) is 0 Å². The first-order valence-electron chi connectivity index (χ1n) is 3.61. The molecule has 0 heterocycles. The van der Waals surface area contributed by atoms with E-state index in [9.17, 15) is 0 Å². The SMILES string of the molecule is COC1(N)CCCCC1.N. The van der Waals surface area contributed by atoms with Crippen LogP contribution in [0.3, 0.4) is 0 Å². The lowest BCUT2D eigenvalue weighted by Crippen LogP contribution is -2.43. The van der Waals surface area contributed by atoms with Gasteiger partial charge in [0.1, 0.15) is 5.72 Å². The van der Waals surface area contributed by atoms with Crippen molar-refractivity contribution in [2.75, 3.05) is 7.11 Å².